The average molecular weight is 272 g/mol. The van der Waals surface area contributed by atoms with Gasteiger partial charge in [-0.15, -0.1) is 0 Å². The van der Waals surface area contributed by atoms with E-state index in [1.807, 2.05) is 0 Å². The Labute approximate surface area is 105 Å². The van der Waals surface area contributed by atoms with Crippen LogP contribution in [0.2, 0.25) is 0 Å². The van der Waals surface area contributed by atoms with Crippen LogP contribution in [0.15, 0.2) is 22.7 Å². The van der Waals surface area contributed by atoms with Crippen molar-refractivity contribution in [1.29, 1.82) is 0 Å². The topological polar surface area (TPSA) is 65.2 Å². The SMILES string of the molecule is Cc1cc(-c2noc(C(F)(F)F)n2)ccc1OC=O. The van der Waals surface area contributed by atoms with Crippen LogP contribution in [0, 0.1) is 6.92 Å². The standard InChI is InChI=1S/C11H7F3N2O3/c1-6-4-7(2-3-8(6)18-5-17)9-15-10(19-16-9)11(12,13)14/h2-5H,1H3. The van der Waals surface area contributed by atoms with Crippen LogP contribution >= 0.6 is 0 Å². The Morgan fingerprint density at radius 3 is 2.63 bits per heavy atom. The summed E-state index contributed by atoms with van der Waals surface area (Å²) in [4.78, 5) is 13.5. The molecule has 0 spiro atoms. The van der Waals surface area contributed by atoms with Crippen molar-refractivity contribution < 1.29 is 27.2 Å². The first-order chi connectivity index (χ1) is 8.91. The van der Waals surface area contributed by atoms with Gasteiger partial charge in [-0.05, 0) is 30.7 Å². The molecule has 0 saturated heterocycles. The molecule has 100 valence electrons. The second kappa shape index (κ2) is 4.71. The molecule has 0 bridgehead atoms. The number of carbonyl (C=O) groups is 1. The van der Waals surface area contributed by atoms with E-state index in [1.54, 1.807) is 6.92 Å². The van der Waals surface area contributed by atoms with E-state index in [2.05, 4.69) is 19.4 Å². The third kappa shape index (κ3) is 2.72. The third-order valence-electron chi connectivity index (χ3n) is 2.28. The summed E-state index contributed by atoms with van der Waals surface area (Å²) < 4.78 is 45.7. The van der Waals surface area contributed by atoms with Crippen LogP contribution < -0.4 is 4.74 Å². The van der Waals surface area contributed by atoms with Crippen molar-refractivity contribution in [2.75, 3.05) is 0 Å². The Morgan fingerprint density at radius 2 is 2.11 bits per heavy atom. The zero-order valence-corrected chi connectivity index (χ0v) is 9.56. The molecule has 0 unspecified atom stereocenters. The fraction of sp³-hybridized carbons (Fsp3) is 0.182. The van der Waals surface area contributed by atoms with Gasteiger partial charge >= 0.3 is 12.1 Å². The molecular formula is C11H7F3N2O3. The van der Waals surface area contributed by atoms with Crippen molar-refractivity contribution in [2.45, 2.75) is 13.1 Å². The van der Waals surface area contributed by atoms with Gasteiger partial charge in [-0.1, -0.05) is 5.16 Å². The summed E-state index contributed by atoms with van der Waals surface area (Å²) >= 11 is 0. The molecule has 1 heterocycles. The van der Waals surface area contributed by atoms with Gasteiger partial charge in [-0.25, -0.2) is 0 Å². The highest BCUT2D eigenvalue weighted by atomic mass is 19.4. The van der Waals surface area contributed by atoms with Crippen LogP contribution in [0.4, 0.5) is 13.2 Å². The normalized spacial score (nSPS) is 11.4. The predicted molar refractivity (Wildman–Crippen MR) is 56.2 cm³/mol. The van der Waals surface area contributed by atoms with E-state index in [0.717, 1.165) is 0 Å². The first-order valence-electron chi connectivity index (χ1n) is 5.04. The second-order valence-electron chi connectivity index (χ2n) is 3.62. The Hall–Kier alpha value is -2.38. The van der Waals surface area contributed by atoms with Crippen LogP contribution in [0.25, 0.3) is 11.4 Å². The number of carbonyl (C=O) groups excluding carboxylic acids is 1. The maximum Gasteiger partial charge on any atom is 0.471 e. The largest absolute Gasteiger partial charge is 0.471 e. The maximum atomic E-state index is 12.3. The highest BCUT2D eigenvalue weighted by Gasteiger charge is 2.38. The zero-order valence-electron chi connectivity index (χ0n) is 9.56. The lowest BCUT2D eigenvalue weighted by Crippen LogP contribution is -2.04. The van der Waals surface area contributed by atoms with Gasteiger partial charge in [-0.3, -0.25) is 4.79 Å². The highest BCUT2D eigenvalue weighted by Crippen LogP contribution is 2.30. The highest BCUT2D eigenvalue weighted by molar-refractivity contribution is 5.59. The summed E-state index contributed by atoms with van der Waals surface area (Å²) in [5.41, 5.74) is 0.887. The maximum absolute atomic E-state index is 12.3. The number of hydrogen-bond donors (Lipinski definition) is 0. The quantitative estimate of drug-likeness (QED) is 0.803. The molecule has 0 fully saturated rings. The Balaban J connectivity index is 2.35. The van der Waals surface area contributed by atoms with E-state index in [9.17, 15) is 18.0 Å². The minimum absolute atomic E-state index is 0.187. The van der Waals surface area contributed by atoms with Crippen LogP contribution in [0.5, 0.6) is 5.75 Å². The van der Waals surface area contributed by atoms with Crippen LogP contribution in [0.3, 0.4) is 0 Å². The van der Waals surface area contributed by atoms with Crippen molar-refractivity contribution in [3.63, 3.8) is 0 Å². The summed E-state index contributed by atoms with van der Waals surface area (Å²) in [7, 11) is 0. The van der Waals surface area contributed by atoms with Crippen molar-refractivity contribution in [3.05, 3.63) is 29.7 Å². The molecule has 0 radical (unpaired) electrons. The van der Waals surface area contributed by atoms with Gasteiger partial charge in [0, 0.05) is 5.56 Å². The Bertz CT molecular complexity index is 607. The minimum atomic E-state index is -4.68. The molecule has 0 aliphatic heterocycles. The smallest absolute Gasteiger partial charge is 0.428 e. The Kier molecular flexibility index (Phi) is 3.24. The van der Waals surface area contributed by atoms with Gasteiger partial charge in [-0.2, -0.15) is 18.2 Å². The molecule has 0 amide bonds. The molecule has 1 aromatic heterocycles. The zero-order chi connectivity index (χ0) is 14.0. The summed E-state index contributed by atoms with van der Waals surface area (Å²) in [6, 6.07) is 4.35. The second-order valence-corrected chi connectivity index (χ2v) is 3.62. The first-order valence-corrected chi connectivity index (χ1v) is 5.04. The third-order valence-corrected chi connectivity index (χ3v) is 2.28. The summed E-state index contributed by atoms with van der Waals surface area (Å²) in [6.45, 7) is 1.89. The number of nitrogens with zero attached hydrogens (tertiary/aromatic N) is 2. The molecule has 19 heavy (non-hydrogen) atoms. The van der Waals surface area contributed by atoms with Crippen molar-refractivity contribution in [3.8, 4) is 17.1 Å². The van der Waals surface area contributed by atoms with E-state index < -0.39 is 12.1 Å². The fourth-order valence-corrected chi connectivity index (χ4v) is 1.43. The number of benzene rings is 1. The van der Waals surface area contributed by atoms with E-state index in [0.29, 0.717) is 16.9 Å². The van der Waals surface area contributed by atoms with E-state index in [4.69, 9.17) is 0 Å². The molecule has 0 aliphatic carbocycles. The number of aromatic nitrogens is 2. The molecule has 2 aromatic rings. The van der Waals surface area contributed by atoms with Gasteiger partial charge < -0.3 is 9.26 Å². The molecular weight excluding hydrogens is 265 g/mol. The number of rotatable bonds is 3. The minimum Gasteiger partial charge on any atom is -0.428 e. The summed E-state index contributed by atoms with van der Waals surface area (Å²) in [6.07, 6.45) is -4.68. The number of halogens is 3. The van der Waals surface area contributed by atoms with E-state index in [1.165, 1.54) is 18.2 Å². The van der Waals surface area contributed by atoms with Crippen LogP contribution in [-0.2, 0) is 11.0 Å². The first kappa shape index (κ1) is 13.1. The molecule has 5 nitrogen and oxygen atoms in total. The van der Waals surface area contributed by atoms with Crippen molar-refractivity contribution >= 4 is 6.47 Å². The molecule has 0 aliphatic rings. The molecule has 0 saturated carbocycles. The van der Waals surface area contributed by atoms with Gasteiger partial charge in [0.05, 0.1) is 0 Å². The molecule has 1 aromatic carbocycles. The fourth-order valence-electron chi connectivity index (χ4n) is 1.43. The number of hydrogen-bond acceptors (Lipinski definition) is 5. The lowest BCUT2D eigenvalue weighted by molar-refractivity contribution is -0.159. The predicted octanol–water partition coefficient (Wildman–Crippen LogP) is 2.60. The number of aryl methyl sites for hydroxylation is 1. The summed E-state index contributed by atoms with van der Waals surface area (Å²) in [5.74, 6) is -1.29. The summed E-state index contributed by atoms with van der Waals surface area (Å²) in [5, 5.41) is 3.25. The average Bonchev–Trinajstić information content (AvgIpc) is 2.81. The van der Waals surface area contributed by atoms with Crippen molar-refractivity contribution in [2.24, 2.45) is 0 Å². The van der Waals surface area contributed by atoms with Crippen LogP contribution in [0.1, 0.15) is 11.5 Å². The van der Waals surface area contributed by atoms with Gasteiger partial charge in [0.15, 0.2) is 0 Å². The van der Waals surface area contributed by atoms with Crippen molar-refractivity contribution in [1.82, 2.24) is 10.1 Å². The lowest BCUT2D eigenvalue weighted by atomic mass is 10.1. The Morgan fingerprint density at radius 1 is 1.37 bits per heavy atom. The van der Waals surface area contributed by atoms with Crippen LogP contribution in [-0.4, -0.2) is 16.6 Å². The lowest BCUT2D eigenvalue weighted by Gasteiger charge is -2.03. The number of ether oxygens (including phenoxy) is 1. The van der Waals surface area contributed by atoms with E-state index >= 15 is 0 Å². The molecule has 0 atom stereocenters. The van der Waals surface area contributed by atoms with Gasteiger partial charge in [0.2, 0.25) is 5.82 Å². The molecule has 0 N–H and O–H groups in total. The molecule has 2 rings (SSSR count). The number of alkyl halides is 3. The monoisotopic (exact) mass is 272 g/mol. The van der Waals surface area contributed by atoms with Gasteiger partial charge in [0.1, 0.15) is 5.75 Å². The van der Waals surface area contributed by atoms with Gasteiger partial charge in [0.25, 0.3) is 6.47 Å². The molecule has 8 heteroatoms. The van der Waals surface area contributed by atoms with E-state index in [-0.39, 0.29) is 12.3 Å².